The molecule has 0 saturated heterocycles. The Morgan fingerprint density at radius 3 is 2.62 bits per heavy atom. The van der Waals surface area contributed by atoms with E-state index in [-0.39, 0.29) is 18.7 Å². The lowest BCUT2D eigenvalue weighted by Gasteiger charge is -2.58. The molecule has 4 rings (SSSR count). The Balaban J connectivity index is 1.46. The lowest BCUT2D eigenvalue weighted by atomic mass is 9.47. The lowest BCUT2D eigenvalue weighted by Crippen LogP contribution is -2.50. The molecule has 4 aliphatic rings. The number of hydrogen-bond acceptors (Lipinski definition) is 1. The lowest BCUT2D eigenvalue weighted by molar-refractivity contribution is -0.0573. The second kappa shape index (κ2) is 8.29. The third-order valence-electron chi connectivity index (χ3n) is 10.5. The van der Waals surface area contributed by atoms with Crippen molar-refractivity contribution in [2.24, 2.45) is 46.3 Å². The monoisotopic (exact) mass is 404 g/mol. The van der Waals surface area contributed by atoms with Crippen LogP contribution in [0.5, 0.6) is 0 Å². The van der Waals surface area contributed by atoms with Crippen LogP contribution in [-0.2, 0) is 0 Å². The van der Waals surface area contributed by atoms with Crippen molar-refractivity contribution in [2.75, 3.05) is 6.67 Å². The molecule has 8 unspecified atom stereocenters. The Morgan fingerprint density at radius 2 is 1.86 bits per heavy atom. The normalized spacial score (nSPS) is 46.3. The maximum atomic E-state index is 12.8. The average Bonchev–Trinajstić information content (AvgIpc) is 3.05. The first-order valence-corrected chi connectivity index (χ1v) is 12.7. The average molecular weight is 405 g/mol. The fourth-order valence-corrected chi connectivity index (χ4v) is 8.68. The predicted octanol–water partition coefficient (Wildman–Crippen LogP) is 7.34. The largest absolute Gasteiger partial charge is 0.393 e. The Hall–Kier alpha value is -0.370. The van der Waals surface area contributed by atoms with Gasteiger partial charge in [0.15, 0.2) is 0 Å². The Morgan fingerprint density at radius 1 is 1.07 bits per heavy atom. The first-order valence-electron chi connectivity index (χ1n) is 12.7. The summed E-state index contributed by atoms with van der Waals surface area (Å²) in [6.07, 6.45) is 16.0. The highest BCUT2D eigenvalue weighted by Gasteiger charge is 2.59. The molecule has 0 spiro atoms. The molecule has 0 bridgehead atoms. The molecule has 0 radical (unpaired) electrons. The zero-order valence-corrected chi connectivity index (χ0v) is 19.4. The number of rotatable bonds is 6. The van der Waals surface area contributed by atoms with E-state index in [9.17, 15) is 9.50 Å². The molecule has 29 heavy (non-hydrogen) atoms. The van der Waals surface area contributed by atoms with E-state index in [0.717, 1.165) is 48.9 Å². The van der Waals surface area contributed by atoms with Crippen LogP contribution < -0.4 is 0 Å². The highest BCUT2D eigenvalue weighted by molar-refractivity contribution is 5.25. The number of aliphatic hydroxyl groups excluding tert-OH is 1. The highest BCUT2D eigenvalue weighted by Crippen LogP contribution is 2.67. The maximum Gasteiger partial charge on any atom is 0.0919 e. The molecular formula is C27H45FO. The number of hydrogen-bond donors (Lipinski definition) is 1. The molecule has 0 aliphatic heterocycles. The van der Waals surface area contributed by atoms with Crippen molar-refractivity contribution in [3.63, 3.8) is 0 Å². The maximum absolute atomic E-state index is 12.8. The molecule has 3 saturated carbocycles. The fourth-order valence-electron chi connectivity index (χ4n) is 8.68. The van der Waals surface area contributed by atoms with E-state index in [4.69, 9.17) is 0 Å². The van der Waals surface area contributed by atoms with Gasteiger partial charge >= 0.3 is 0 Å². The molecule has 0 aromatic rings. The van der Waals surface area contributed by atoms with Crippen LogP contribution in [0.25, 0.3) is 0 Å². The van der Waals surface area contributed by atoms with Crippen LogP contribution in [0.15, 0.2) is 11.6 Å². The topological polar surface area (TPSA) is 20.2 Å². The van der Waals surface area contributed by atoms with Gasteiger partial charge in [-0.05, 0) is 104 Å². The van der Waals surface area contributed by atoms with Gasteiger partial charge in [0.2, 0.25) is 0 Å². The van der Waals surface area contributed by atoms with Crippen molar-refractivity contribution in [1.82, 2.24) is 0 Å². The smallest absolute Gasteiger partial charge is 0.0919 e. The number of aliphatic hydroxyl groups is 1. The summed E-state index contributed by atoms with van der Waals surface area (Å²) < 4.78 is 12.8. The summed E-state index contributed by atoms with van der Waals surface area (Å²) in [5, 5.41) is 10.2. The Bertz CT molecular complexity index is 614. The summed E-state index contributed by atoms with van der Waals surface area (Å²) in [6, 6.07) is 0. The van der Waals surface area contributed by atoms with Gasteiger partial charge < -0.3 is 5.11 Å². The van der Waals surface area contributed by atoms with Crippen LogP contribution in [-0.4, -0.2) is 17.9 Å². The van der Waals surface area contributed by atoms with Crippen LogP contribution in [0.3, 0.4) is 0 Å². The summed E-state index contributed by atoms with van der Waals surface area (Å²) in [5.41, 5.74) is 2.46. The third kappa shape index (κ3) is 3.74. The number of fused-ring (bicyclic) bond motifs is 5. The number of allylic oxidation sites excluding steroid dienone is 1. The Kier molecular flexibility index (Phi) is 6.24. The van der Waals surface area contributed by atoms with E-state index in [1.165, 1.54) is 51.4 Å². The van der Waals surface area contributed by atoms with Gasteiger partial charge in [-0.1, -0.05) is 52.2 Å². The molecule has 4 aliphatic carbocycles. The van der Waals surface area contributed by atoms with Crippen LogP contribution in [0.2, 0.25) is 0 Å². The summed E-state index contributed by atoms with van der Waals surface area (Å²) >= 11 is 0. The van der Waals surface area contributed by atoms with Crippen molar-refractivity contribution in [3.8, 4) is 0 Å². The summed E-state index contributed by atoms with van der Waals surface area (Å²) in [5.74, 6) is 4.47. The first-order chi connectivity index (χ1) is 13.8. The van der Waals surface area contributed by atoms with Crippen LogP contribution >= 0.6 is 0 Å². The van der Waals surface area contributed by atoms with Crippen molar-refractivity contribution < 1.29 is 9.50 Å². The van der Waals surface area contributed by atoms with Crippen molar-refractivity contribution in [3.05, 3.63) is 11.6 Å². The van der Waals surface area contributed by atoms with E-state index in [1.807, 2.05) is 0 Å². The second-order valence-electron chi connectivity index (χ2n) is 12.1. The van der Waals surface area contributed by atoms with E-state index in [1.54, 1.807) is 5.57 Å². The highest BCUT2D eigenvalue weighted by atomic mass is 19.1. The molecule has 1 N–H and O–H groups in total. The Labute approximate surface area is 178 Å². The summed E-state index contributed by atoms with van der Waals surface area (Å²) in [7, 11) is 0. The minimum atomic E-state index is -0.161. The standard InChI is InChI=1S/C27H45FO/c1-18(17-28)6-5-7-19(2)23-10-11-24-22-9-8-20-16-21(29)12-14-26(20,3)25(22)13-15-27(23,24)4/h8,18-19,21-25,29H,5-7,9-17H2,1-4H3/t18?,19-,21?,22?,23?,24?,25?,26?,27?/m1/s1. The van der Waals surface area contributed by atoms with Crippen molar-refractivity contribution in [1.29, 1.82) is 0 Å². The zero-order valence-electron chi connectivity index (χ0n) is 19.4. The molecular weight excluding hydrogens is 359 g/mol. The number of alkyl halides is 1. The molecule has 0 heterocycles. The van der Waals surface area contributed by atoms with Gasteiger partial charge in [0, 0.05) is 0 Å². The predicted molar refractivity (Wildman–Crippen MR) is 119 cm³/mol. The molecule has 166 valence electrons. The second-order valence-corrected chi connectivity index (χ2v) is 12.1. The molecule has 0 aromatic carbocycles. The molecule has 1 nitrogen and oxygen atoms in total. The van der Waals surface area contributed by atoms with Gasteiger partial charge in [0.05, 0.1) is 12.8 Å². The molecule has 2 heteroatoms. The van der Waals surface area contributed by atoms with Crippen LogP contribution in [0.1, 0.15) is 98.3 Å². The quantitative estimate of drug-likeness (QED) is 0.459. The van der Waals surface area contributed by atoms with Crippen LogP contribution in [0.4, 0.5) is 4.39 Å². The van der Waals surface area contributed by atoms with Crippen LogP contribution in [0, 0.1) is 46.3 Å². The fraction of sp³-hybridized carbons (Fsp3) is 0.926. The molecule has 3 fully saturated rings. The minimum Gasteiger partial charge on any atom is -0.393 e. The van der Waals surface area contributed by atoms with Gasteiger partial charge in [-0.25, -0.2) is 0 Å². The first kappa shape index (κ1) is 21.8. The molecule has 0 aromatic heterocycles. The van der Waals surface area contributed by atoms with Crippen molar-refractivity contribution in [2.45, 2.75) is 104 Å². The number of halogens is 1. The van der Waals surface area contributed by atoms with Gasteiger partial charge in [-0.2, -0.15) is 0 Å². The third-order valence-corrected chi connectivity index (χ3v) is 10.5. The van der Waals surface area contributed by atoms with E-state index >= 15 is 0 Å². The van der Waals surface area contributed by atoms with Crippen molar-refractivity contribution >= 4 is 0 Å². The molecule has 0 amide bonds. The van der Waals surface area contributed by atoms with Gasteiger partial charge in [-0.15, -0.1) is 0 Å². The van der Waals surface area contributed by atoms with Gasteiger partial charge in [0.1, 0.15) is 0 Å². The summed E-state index contributed by atoms with van der Waals surface area (Å²) in [4.78, 5) is 0. The van der Waals surface area contributed by atoms with Gasteiger partial charge in [0.25, 0.3) is 0 Å². The SMILES string of the molecule is CC(CF)CCC[C@@H](C)C1CCC2C3CC=C4CC(O)CCC4(C)C3CCC21C. The van der Waals surface area contributed by atoms with E-state index in [0.29, 0.717) is 10.8 Å². The minimum absolute atomic E-state index is 0.100. The van der Waals surface area contributed by atoms with Gasteiger partial charge in [-0.3, -0.25) is 4.39 Å². The molecule has 9 atom stereocenters. The summed E-state index contributed by atoms with van der Waals surface area (Å²) in [6.45, 7) is 9.55. The zero-order chi connectivity index (χ0) is 20.8. The van der Waals surface area contributed by atoms with E-state index in [2.05, 4.69) is 33.8 Å². The van der Waals surface area contributed by atoms with E-state index < -0.39 is 0 Å².